The first-order chi connectivity index (χ1) is 16.1. The second kappa shape index (κ2) is 8.63. The van der Waals surface area contributed by atoms with Crippen LogP contribution in [-0.2, 0) is 19.1 Å². The number of carbonyl (C=O) groups excluding carboxylic acids is 3. The largest absolute Gasteiger partial charge is 0.464 e. The molecule has 1 saturated heterocycles. The Balaban J connectivity index is 1.58. The lowest BCUT2D eigenvalue weighted by molar-refractivity contribution is -0.124. The van der Waals surface area contributed by atoms with Crippen LogP contribution in [0.2, 0.25) is 0 Å². The van der Waals surface area contributed by atoms with Gasteiger partial charge in [0.05, 0.1) is 0 Å². The fraction of sp³-hybridized carbons (Fsp3) is 0.115. The minimum atomic E-state index is -0.854. The number of fused-ring (bicyclic) bond motifs is 1. The summed E-state index contributed by atoms with van der Waals surface area (Å²) in [6, 6.07) is 19.0. The van der Waals surface area contributed by atoms with Crippen molar-refractivity contribution in [2.24, 2.45) is 0 Å². The molecule has 0 atom stereocenters. The van der Waals surface area contributed by atoms with E-state index in [0.717, 1.165) is 41.4 Å². The van der Waals surface area contributed by atoms with Crippen LogP contribution in [0.15, 0.2) is 95.7 Å². The Hall–Kier alpha value is -4.39. The highest BCUT2D eigenvalue weighted by Crippen LogP contribution is 2.43. The highest BCUT2D eigenvalue weighted by Gasteiger charge is 2.31. The number of hydrogen-bond acceptors (Lipinski definition) is 5. The molecule has 4 amide bonds. The Morgan fingerprint density at radius 1 is 0.818 bits per heavy atom. The zero-order chi connectivity index (χ0) is 22.8. The molecule has 2 aromatic carbocycles. The molecular formula is C26H20N2O5. The molecule has 2 aliphatic heterocycles. The lowest BCUT2D eigenvalue weighted by Crippen LogP contribution is -2.51. The van der Waals surface area contributed by atoms with Gasteiger partial charge in [0, 0.05) is 17.6 Å². The molecule has 33 heavy (non-hydrogen) atoms. The van der Waals surface area contributed by atoms with Crippen molar-refractivity contribution in [3.8, 4) is 0 Å². The monoisotopic (exact) mass is 440 g/mol. The lowest BCUT2D eigenvalue weighted by atomic mass is 9.88. The van der Waals surface area contributed by atoms with E-state index in [1.165, 1.54) is 0 Å². The molecule has 0 saturated carbocycles. The van der Waals surface area contributed by atoms with Crippen LogP contribution in [0, 0.1) is 0 Å². The zero-order valence-corrected chi connectivity index (χ0v) is 17.6. The van der Waals surface area contributed by atoms with Gasteiger partial charge in [-0.05, 0) is 30.1 Å². The van der Waals surface area contributed by atoms with Crippen LogP contribution in [0.5, 0.6) is 0 Å². The number of hydrogen-bond donors (Lipinski definition) is 2. The molecule has 164 valence electrons. The summed E-state index contributed by atoms with van der Waals surface area (Å²) in [5.41, 5.74) is 3.75. The van der Waals surface area contributed by atoms with Gasteiger partial charge in [-0.1, -0.05) is 60.7 Å². The van der Waals surface area contributed by atoms with Crippen LogP contribution in [0.25, 0.3) is 11.3 Å². The Labute approximate surface area is 190 Å². The van der Waals surface area contributed by atoms with Crippen LogP contribution in [-0.4, -0.2) is 17.8 Å². The van der Waals surface area contributed by atoms with Gasteiger partial charge in [0.1, 0.15) is 23.4 Å². The van der Waals surface area contributed by atoms with Crippen molar-refractivity contribution in [1.29, 1.82) is 0 Å². The number of nitrogens with one attached hydrogen (secondary N) is 2. The molecule has 2 heterocycles. The molecule has 7 nitrogen and oxygen atoms in total. The molecule has 5 rings (SSSR count). The van der Waals surface area contributed by atoms with Gasteiger partial charge >= 0.3 is 6.03 Å². The maximum Gasteiger partial charge on any atom is 0.328 e. The van der Waals surface area contributed by atoms with Gasteiger partial charge in [-0.25, -0.2) is 4.79 Å². The molecule has 1 aliphatic carbocycles. The molecule has 0 radical (unpaired) electrons. The van der Waals surface area contributed by atoms with Gasteiger partial charge in [0.25, 0.3) is 11.8 Å². The third-order valence-electron chi connectivity index (χ3n) is 5.58. The second-order valence-corrected chi connectivity index (χ2v) is 7.73. The van der Waals surface area contributed by atoms with Crippen LogP contribution >= 0.6 is 0 Å². The molecule has 0 bridgehead atoms. The molecule has 2 N–H and O–H groups in total. The van der Waals surface area contributed by atoms with Crippen LogP contribution in [0.4, 0.5) is 4.79 Å². The lowest BCUT2D eigenvalue weighted by Gasteiger charge is -2.29. The van der Waals surface area contributed by atoms with E-state index in [2.05, 4.69) is 12.1 Å². The SMILES string of the molecule is O=C1NC(=O)C(=COC2=C3OC(c4ccccc4)=CC(c4ccccc4)=C3CCC2)C(=O)N1. The second-order valence-electron chi connectivity index (χ2n) is 7.73. The first-order valence-corrected chi connectivity index (χ1v) is 10.6. The summed E-state index contributed by atoms with van der Waals surface area (Å²) in [6.45, 7) is 0. The minimum Gasteiger partial charge on any atom is -0.464 e. The number of ether oxygens (including phenoxy) is 2. The van der Waals surface area contributed by atoms with E-state index in [4.69, 9.17) is 9.47 Å². The standard InChI is InChI=1S/C26H20N2O5/c29-24-20(25(30)28-26(31)27-24)15-32-21-13-7-12-18-19(16-8-3-1-4-9-16)14-22(33-23(18)21)17-10-5-2-6-11-17/h1-6,8-11,14-15H,7,12-13H2,(H2,27,28,29,30,31). The summed E-state index contributed by atoms with van der Waals surface area (Å²) in [5.74, 6) is 0.186. The number of imide groups is 2. The molecule has 0 spiro atoms. The normalized spacial score (nSPS) is 18.1. The Bertz CT molecular complexity index is 1250. The van der Waals surface area contributed by atoms with Gasteiger partial charge < -0.3 is 9.47 Å². The molecule has 0 aromatic heterocycles. The van der Waals surface area contributed by atoms with Crippen molar-refractivity contribution >= 4 is 29.2 Å². The van der Waals surface area contributed by atoms with Crippen molar-refractivity contribution in [2.45, 2.75) is 19.3 Å². The highest BCUT2D eigenvalue weighted by atomic mass is 16.5. The first-order valence-electron chi connectivity index (χ1n) is 10.6. The van der Waals surface area contributed by atoms with E-state index in [9.17, 15) is 14.4 Å². The molecule has 0 unspecified atom stereocenters. The molecule has 1 fully saturated rings. The summed E-state index contributed by atoms with van der Waals surface area (Å²) in [4.78, 5) is 35.4. The van der Waals surface area contributed by atoms with E-state index < -0.39 is 17.8 Å². The molecule has 3 aliphatic rings. The third-order valence-corrected chi connectivity index (χ3v) is 5.58. The number of allylic oxidation sites excluding steroid dienone is 4. The summed E-state index contributed by atoms with van der Waals surface area (Å²) in [7, 11) is 0. The van der Waals surface area contributed by atoms with E-state index in [1.54, 1.807) is 0 Å². The van der Waals surface area contributed by atoms with E-state index in [0.29, 0.717) is 23.7 Å². The van der Waals surface area contributed by atoms with E-state index in [-0.39, 0.29) is 5.57 Å². The van der Waals surface area contributed by atoms with Gasteiger partial charge in [-0.15, -0.1) is 0 Å². The van der Waals surface area contributed by atoms with E-state index in [1.807, 2.05) is 65.2 Å². The highest BCUT2D eigenvalue weighted by molar-refractivity contribution is 6.28. The maximum atomic E-state index is 12.0. The average Bonchev–Trinajstić information content (AvgIpc) is 2.84. The quantitative estimate of drug-likeness (QED) is 0.423. The summed E-state index contributed by atoms with van der Waals surface area (Å²) in [6.07, 6.45) is 5.32. The molecule has 7 heteroatoms. The van der Waals surface area contributed by atoms with Crippen molar-refractivity contribution in [3.05, 3.63) is 107 Å². The van der Waals surface area contributed by atoms with Gasteiger partial charge in [-0.2, -0.15) is 0 Å². The minimum absolute atomic E-state index is 0.281. The zero-order valence-electron chi connectivity index (χ0n) is 17.6. The van der Waals surface area contributed by atoms with Crippen molar-refractivity contribution in [3.63, 3.8) is 0 Å². The van der Waals surface area contributed by atoms with Crippen LogP contribution in [0.3, 0.4) is 0 Å². The van der Waals surface area contributed by atoms with Gasteiger partial charge in [0.2, 0.25) is 0 Å². The maximum absolute atomic E-state index is 12.0. The Kier molecular flexibility index (Phi) is 5.36. The predicted molar refractivity (Wildman–Crippen MR) is 121 cm³/mol. The average molecular weight is 440 g/mol. The summed E-state index contributed by atoms with van der Waals surface area (Å²) >= 11 is 0. The first kappa shape index (κ1) is 20.5. The number of rotatable bonds is 4. The molecule has 2 aromatic rings. The van der Waals surface area contributed by atoms with Crippen molar-refractivity contribution < 1.29 is 23.9 Å². The fourth-order valence-electron chi connectivity index (χ4n) is 4.00. The Morgan fingerprint density at radius 2 is 1.45 bits per heavy atom. The van der Waals surface area contributed by atoms with Crippen molar-refractivity contribution in [2.75, 3.05) is 0 Å². The number of urea groups is 1. The summed E-state index contributed by atoms with van der Waals surface area (Å²) < 4.78 is 12.2. The fourth-order valence-corrected chi connectivity index (χ4v) is 4.00. The number of barbiturate groups is 1. The van der Waals surface area contributed by atoms with Crippen LogP contribution < -0.4 is 10.6 Å². The number of carbonyl (C=O) groups is 3. The van der Waals surface area contributed by atoms with Crippen LogP contribution in [0.1, 0.15) is 30.4 Å². The van der Waals surface area contributed by atoms with Gasteiger partial charge in [0.15, 0.2) is 5.76 Å². The Morgan fingerprint density at radius 3 is 2.12 bits per heavy atom. The number of amides is 4. The smallest absolute Gasteiger partial charge is 0.328 e. The predicted octanol–water partition coefficient (Wildman–Crippen LogP) is 4.17. The van der Waals surface area contributed by atoms with E-state index >= 15 is 0 Å². The molecular weight excluding hydrogens is 420 g/mol. The summed E-state index contributed by atoms with van der Waals surface area (Å²) in [5, 5.41) is 4.07. The topological polar surface area (TPSA) is 93.7 Å². The van der Waals surface area contributed by atoms with Crippen molar-refractivity contribution in [1.82, 2.24) is 10.6 Å². The number of benzene rings is 2. The van der Waals surface area contributed by atoms with Gasteiger partial charge in [-0.3, -0.25) is 20.2 Å². The third kappa shape index (κ3) is 4.08.